The second-order valence-electron chi connectivity index (χ2n) is 5.87. The van der Waals surface area contributed by atoms with E-state index in [1.807, 2.05) is 6.92 Å². The van der Waals surface area contributed by atoms with Crippen molar-refractivity contribution in [1.82, 2.24) is 9.97 Å². The standard InChI is InChI=1S/C15H25N3/c1-4-13-10-14(18-12(2)17-13)16-11-15(3)8-6-5-7-9-15/h10H,4-9,11H2,1-3H3,(H,16,17,18). The Hall–Kier alpha value is -1.12. The second-order valence-corrected chi connectivity index (χ2v) is 5.87. The lowest BCUT2D eigenvalue weighted by Gasteiger charge is -2.33. The van der Waals surface area contributed by atoms with Crippen LogP contribution in [0.3, 0.4) is 0 Å². The lowest BCUT2D eigenvalue weighted by Crippen LogP contribution is -2.29. The first kappa shape index (κ1) is 13.3. The molecule has 1 fully saturated rings. The Morgan fingerprint density at radius 2 is 1.94 bits per heavy atom. The minimum atomic E-state index is 0.448. The molecule has 0 amide bonds. The SMILES string of the molecule is CCc1cc(NCC2(C)CCCCC2)nc(C)n1. The van der Waals surface area contributed by atoms with E-state index in [0.29, 0.717) is 5.41 Å². The Morgan fingerprint density at radius 3 is 2.61 bits per heavy atom. The molecule has 0 spiro atoms. The van der Waals surface area contributed by atoms with Gasteiger partial charge in [0.05, 0.1) is 0 Å². The Balaban J connectivity index is 1.98. The minimum absolute atomic E-state index is 0.448. The van der Waals surface area contributed by atoms with E-state index >= 15 is 0 Å². The molecule has 1 aliphatic carbocycles. The first-order valence-electron chi connectivity index (χ1n) is 7.20. The van der Waals surface area contributed by atoms with Gasteiger partial charge in [-0.1, -0.05) is 33.1 Å². The third kappa shape index (κ3) is 3.44. The van der Waals surface area contributed by atoms with Crippen molar-refractivity contribution in [1.29, 1.82) is 0 Å². The van der Waals surface area contributed by atoms with Gasteiger partial charge in [0, 0.05) is 18.3 Å². The summed E-state index contributed by atoms with van der Waals surface area (Å²) in [6, 6.07) is 2.08. The summed E-state index contributed by atoms with van der Waals surface area (Å²) in [5.41, 5.74) is 1.57. The zero-order chi connectivity index (χ0) is 13.0. The number of aryl methyl sites for hydroxylation is 2. The summed E-state index contributed by atoms with van der Waals surface area (Å²) in [5.74, 6) is 1.86. The highest BCUT2D eigenvalue weighted by Crippen LogP contribution is 2.35. The van der Waals surface area contributed by atoms with Crippen molar-refractivity contribution in [2.24, 2.45) is 5.41 Å². The van der Waals surface area contributed by atoms with Gasteiger partial charge in [-0.3, -0.25) is 0 Å². The summed E-state index contributed by atoms with van der Waals surface area (Å²) in [5, 5.41) is 3.52. The van der Waals surface area contributed by atoms with Crippen LogP contribution in [-0.4, -0.2) is 16.5 Å². The molecule has 18 heavy (non-hydrogen) atoms. The van der Waals surface area contributed by atoms with Crippen molar-refractivity contribution in [3.05, 3.63) is 17.6 Å². The van der Waals surface area contributed by atoms with E-state index in [1.165, 1.54) is 32.1 Å². The molecule has 1 N–H and O–H groups in total. The Kier molecular flexibility index (Phi) is 4.20. The van der Waals surface area contributed by atoms with Gasteiger partial charge in [0.2, 0.25) is 0 Å². The lowest BCUT2D eigenvalue weighted by molar-refractivity contribution is 0.233. The summed E-state index contributed by atoms with van der Waals surface area (Å²) in [4.78, 5) is 8.89. The zero-order valence-electron chi connectivity index (χ0n) is 11.9. The highest BCUT2D eigenvalue weighted by molar-refractivity contribution is 5.36. The van der Waals surface area contributed by atoms with E-state index in [1.54, 1.807) is 0 Å². The fourth-order valence-corrected chi connectivity index (χ4v) is 2.79. The van der Waals surface area contributed by atoms with Gasteiger partial charge in [-0.15, -0.1) is 0 Å². The predicted octanol–water partition coefficient (Wildman–Crippen LogP) is 3.73. The topological polar surface area (TPSA) is 37.8 Å². The molecule has 1 aliphatic rings. The van der Waals surface area contributed by atoms with Crippen LogP contribution in [0.25, 0.3) is 0 Å². The maximum Gasteiger partial charge on any atom is 0.129 e. The third-order valence-electron chi connectivity index (χ3n) is 4.01. The number of hydrogen-bond acceptors (Lipinski definition) is 3. The summed E-state index contributed by atoms with van der Waals surface area (Å²) in [6.07, 6.45) is 7.80. The molecule has 0 saturated heterocycles. The van der Waals surface area contributed by atoms with Crippen LogP contribution in [0.1, 0.15) is 57.5 Å². The number of rotatable bonds is 4. The van der Waals surface area contributed by atoms with Gasteiger partial charge in [0.15, 0.2) is 0 Å². The van der Waals surface area contributed by atoms with Crippen LogP contribution in [0.15, 0.2) is 6.07 Å². The van der Waals surface area contributed by atoms with Crippen LogP contribution in [0.5, 0.6) is 0 Å². The smallest absolute Gasteiger partial charge is 0.129 e. The number of nitrogens with one attached hydrogen (secondary N) is 1. The number of hydrogen-bond donors (Lipinski definition) is 1. The highest BCUT2D eigenvalue weighted by Gasteiger charge is 2.26. The lowest BCUT2D eigenvalue weighted by atomic mass is 9.76. The molecule has 1 saturated carbocycles. The molecule has 1 heterocycles. The predicted molar refractivity (Wildman–Crippen MR) is 75.8 cm³/mol. The van der Waals surface area contributed by atoms with Gasteiger partial charge >= 0.3 is 0 Å². The van der Waals surface area contributed by atoms with Gasteiger partial charge in [-0.2, -0.15) is 0 Å². The van der Waals surface area contributed by atoms with Crippen LogP contribution in [0.4, 0.5) is 5.82 Å². The van der Waals surface area contributed by atoms with E-state index in [-0.39, 0.29) is 0 Å². The maximum atomic E-state index is 4.48. The number of anilines is 1. The molecule has 0 radical (unpaired) electrons. The summed E-state index contributed by atoms with van der Waals surface area (Å²) in [6.45, 7) is 7.53. The molecule has 0 bridgehead atoms. The number of nitrogens with zero attached hydrogens (tertiary/aromatic N) is 2. The fourth-order valence-electron chi connectivity index (χ4n) is 2.79. The summed E-state index contributed by atoms with van der Waals surface area (Å²) < 4.78 is 0. The van der Waals surface area contributed by atoms with Gasteiger partial charge in [0.1, 0.15) is 11.6 Å². The molecule has 3 nitrogen and oxygen atoms in total. The van der Waals surface area contributed by atoms with E-state index in [4.69, 9.17) is 0 Å². The zero-order valence-corrected chi connectivity index (χ0v) is 11.9. The van der Waals surface area contributed by atoms with E-state index < -0.39 is 0 Å². The quantitative estimate of drug-likeness (QED) is 0.881. The first-order chi connectivity index (χ1) is 8.61. The van der Waals surface area contributed by atoms with Gasteiger partial charge in [-0.25, -0.2) is 9.97 Å². The molecule has 100 valence electrons. The van der Waals surface area contributed by atoms with Crippen LogP contribution in [-0.2, 0) is 6.42 Å². The highest BCUT2D eigenvalue weighted by atomic mass is 15.0. The van der Waals surface area contributed by atoms with E-state index in [0.717, 1.165) is 30.3 Å². The molecule has 2 rings (SSSR count). The average Bonchev–Trinajstić information content (AvgIpc) is 2.37. The monoisotopic (exact) mass is 247 g/mol. The average molecular weight is 247 g/mol. The molecule has 1 aromatic heterocycles. The Morgan fingerprint density at radius 1 is 1.22 bits per heavy atom. The Labute approximate surface area is 110 Å². The van der Waals surface area contributed by atoms with Crippen molar-refractivity contribution < 1.29 is 0 Å². The van der Waals surface area contributed by atoms with Crippen LogP contribution >= 0.6 is 0 Å². The molecule has 0 unspecified atom stereocenters. The minimum Gasteiger partial charge on any atom is -0.369 e. The largest absolute Gasteiger partial charge is 0.369 e. The third-order valence-corrected chi connectivity index (χ3v) is 4.01. The molecular weight excluding hydrogens is 222 g/mol. The van der Waals surface area contributed by atoms with Crippen LogP contribution in [0.2, 0.25) is 0 Å². The van der Waals surface area contributed by atoms with Crippen LogP contribution in [0, 0.1) is 12.3 Å². The molecule has 0 aliphatic heterocycles. The van der Waals surface area contributed by atoms with E-state index in [9.17, 15) is 0 Å². The van der Waals surface area contributed by atoms with Crippen molar-refractivity contribution in [2.75, 3.05) is 11.9 Å². The van der Waals surface area contributed by atoms with Crippen molar-refractivity contribution in [2.45, 2.75) is 59.3 Å². The van der Waals surface area contributed by atoms with Gasteiger partial charge in [-0.05, 0) is 31.6 Å². The van der Waals surface area contributed by atoms with Crippen LogP contribution < -0.4 is 5.32 Å². The maximum absolute atomic E-state index is 4.48. The molecule has 0 aromatic carbocycles. The normalized spacial score (nSPS) is 18.6. The van der Waals surface area contributed by atoms with Gasteiger partial charge in [0.25, 0.3) is 0 Å². The Bertz CT molecular complexity index is 395. The first-order valence-corrected chi connectivity index (χ1v) is 7.20. The van der Waals surface area contributed by atoms with Crippen molar-refractivity contribution in [3.8, 4) is 0 Å². The molecule has 3 heteroatoms. The van der Waals surface area contributed by atoms with Crippen molar-refractivity contribution >= 4 is 5.82 Å². The summed E-state index contributed by atoms with van der Waals surface area (Å²) in [7, 11) is 0. The van der Waals surface area contributed by atoms with E-state index in [2.05, 4.69) is 35.2 Å². The summed E-state index contributed by atoms with van der Waals surface area (Å²) >= 11 is 0. The fraction of sp³-hybridized carbons (Fsp3) is 0.733. The number of aromatic nitrogens is 2. The van der Waals surface area contributed by atoms with Crippen molar-refractivity contribution in [3.63, 3.8) is 0 Å². The molecule has 0 atom stereocenters. The van der Waals surface area contributed by atoms with Gasteiger partial charge < -0.3 is 5.32 Å². The molecular formula is C15H25N3. The molecule has 1 aromatic rings. The second kappa shape index (κ2) is 5.68.